The first-order valence-electron chi connectivity index (χ1n) is 10.6. The second-order valence-corrected chi connectivity index (χ2v) is 7.60. The van der Waals surface area contributed by atoms with E-state index in [1.165, 1.54) is 5.56 Å². The molecule has 0 N–H and O–H groups in total. The highest BCUT2D eigenvalue weighted by molar-refractivity contribution is 5.78. The summed E-state index contributed by atoms with van der Waals surface area (Å²) < 4.78 is 11.4. The van der Waals surface area contributed by atoms with E-state index in [9.17, 15) is 4.79 Å². The van der Waals surface area contributed by atoms with Crippen molar-refractivity contribution in [2.24, 2.45) is 0 Å². The van der Waals surface area contributed by atoms with Gasteiger partial charge in [-0.05, 0) is 29.3 Å². The number of methoxy groups -OCH3 is 1. The summed E-state index contributed by atoms with van der Waals surface area (Å²) in [4.78, 5) is 16.9. The Morgan fingerprint density at radius 3 is 2.19 bits per heavy atom. The van der Waals surface area contributed by atoms with Gasteiger partial charge in [-0.1, -0.05) is 60.7 Å². The van der Waals surface area contributed by atoms with Crippen LogP contribution in [-0.2, 0) is 11.2 Å². The molecule has 160 valence electrons. The largest absolute Gasteiger partial charge is 0.495 e. The van der Waals surface area contributed by atoms with Crippen LogP contribution in [0.15, 0.2) is 78.9 Å². The van der Waals surface area contributed by atoms with Crippen molar-refractivity contribution in [2.75, 3.05) is 44.8 Å². The van der Waals surface area contributed by atoms with Gasteiger partial charge in [-0.2, -0.15) is 0 Å². The van der Waals surface area contributed by atoms with Crippen LogP contribution >= 0.6 is 0 Å². The number of nitrogens with zero attached hydrogens (tertiary/aromatic N) is 2. The van der Waals surface area contributed by atoms with Crippen LogP contribution in [0.1, 0.15) is 11.1 Å². The number of para-hydroxylation sites is 3. The number of anilines is 1. The molecule has 0 aliphatic carbocycles. The zero-order chi connectivity index (χ0) is 21.5. The minimum Gasteiger partial charge on any atom is -0.495 e. The van der Waals surface area contributed by atoms with E-state index in [4.69, 9.17) is 9.47 Å². The normalized spacial score (nSPS) is 13.7. The molecule has 5 nitrogen and oxygen atoms in total. The first kappa shape index (κ1) is 20.8. The molecule has 31 heavy (non-hydrogen) atoms. The molecule has 1 heterocycles. The summed E-state index contributed by atoms with van der Waals surface area (Å²) in [6, 6.07) is 26.2. The van der Waals surface area contributed by atoms with E-state index in [-0.39, 0.29) is 12.5 Å². The lowest BCUT2D eigenvalue weighted by Gasteiger charge is -2.36. The van der Waals surface area contributed by atoms with Gasteiger partial charge in [0, 0.05) is 32.6 Å². The van der Waals surface area contributed by atoms with Crippen LogP contribution in [0.5, 0.6) is 11.5 Å². The third-order valence-electron chi connectivity index (χ3n) is 5.62. The van der Waals surface area contributed by atoms with Gasteiger partial charge in [-0.3, -0.25) is 4.79 Å². The molecular weight excluding hydrogens is 388 g/mol. The fourth-order valence-electron chi connectivity index (χ4n) is 3.93. The monoisotopic (exact) mass is 416 g/mol. The van der Waals surface area contributed by atoms with Gasteiger partial charge in [0.15, 0.2) is 6.61 Å². The number of piperazine rings is 1. The highest BCUT2D eigenvalue weighted by Crippen LogP contribution is 2.28. The van der Waals surface area contributed by atoms with Crippen molar-refractivity contribution in [2.45, 2.75) is 6.42 Å². The van der Waals surface area contributed by atoms with Crippen LogP contribution in [0.25, 0.3) is 0 Å². The van der Waals surface area contributed by atoms with Gasteiger partial charge in [-0.25, -0.2) is 0 Å². The Balaban J connectivity index is 1.32. The molecule has 0 bridgehead atoms. The van der Waals surface area contributed by atoms with Gasteiger partial charge in [0.2, 0.25) is 0 Å². The topological polar surface area (TPSA) is 42.0 Å². The van der Waals surface area contributed by atoms with Crippen LogP contribution < -0.4 is 14.4 Å². The quantitative estimate of drug-likeness (QED) is 0.584. The Bertz CT molecular complexity index is 998. The van der Waals surface area contributed by atoms with Crippen molar-refractivity contribution in [3.8, 4) is 11.5 Å². The van der Waals surface area contributed by atoms with Crippen molar-refractivity contribution < 1.29 is 14.3 Å². The molecule has 0 aromatic heterocycles. The minimum absolute atomic E-state index is 0.0224. The Labute approximate surface area is 183 Å². The van der Waals surface area contributed by atoms with Gasteiger partial charge in [0.1, 0.15) is 11.5 Å². The molecule has 1 fully saturated rings. The number of carbonyl (C=O) groups is 1. The van der Waals surface area contributed by atoms with E-state index in [1.807, 2.05) is 59.5 Å². The number of rotatable bonds is 7. The van der Waals surface area contributed by atoms with E-state index in [1.54, 1.807) is 7.11 Å². The van der Waals surface area contributed by atoms with Crippen molar-refractivity contribution in [1.82, 2.24) is 4.90 Å². The molecule has 1 aliphatic rings. The third kappa shape index (κ3) is 5.18. The van der Waals surface area contributed by atoms with E-state index >= 15 is 0 Å². The fourth-order valence-corrected chi connectivity index (χ4v) is 3.93. The zero-order valence-corrected chi connectivity index (χ0v) is 17.9. The summed E-state index contributed by atoms with van der Waals surface area (Å²) in [5, 5.41) is 0. The molecule has 1 amide bonds. The Morgan fingerprint density at radius 2 is 1.45 bits per heavy atom. The first-order chi connectivity index (χ1) is 15.2. The maximum absolute atomic E-state index is 12.8. The lowest BCUT2D eigenvalue weighted by Crippen LogP contribution is -2.50. The minimum atomic E-state index is 0.0224. The molecule has 1 saturated heterocycles. The average Bonchev–Trinajstić information content (AvgIpc) is 2.84. The predicted octanol–water partition coefficient (Wildman–Crippen LogP) is 4.01. The van der Waals surface area contributed by atoms with Crippen LogP contribution in [0.2, 0.25) is 0 Å². The standard InChI is InChI=1S/C26H28N2O3/c1-30-25-14-8-6-12-23(25)27-15-17-28(18-16-27)26(29)20-31-24-13-7-5-11-22(24)19-21-9-3-2-4-10-21/h2-14H,15-20H2,1H3. The Morgan fingerprint density at radius 1 is 0.806 bits per heavy atom. The highest BCUT2D eigenvalue weighted by atomic mass is 16.5. The maximum atomic E-state index is 12.8. The molecule has 0 spiro atoms. The molecule has 0 radical (unpaired) electrons. The van der Waals surface area contributed by atoms with E-state index in [2.05, 4.69) is 29.2 Å². The first-order valence-corrected chi connectivity index (χ1v) is 10.6. The molecule has 0 saturated carbocycles. The molecule has 0 unspecified atom stereocenters. The average molecular weight is 417 g/mol. The summed E-state index contributed by atoms with van der Waals surface area (Å²) in [5.74, 6) is 1.65. The third-order valence-corrected chi connectivity index (χ3v) is 5.62. The lowest BCUT2D eigenvalue weighted by molar-refractivity contribution is -0.133. The van der Waals surface area contributed by atoms with Crippen molar-refractivity contribution in [3.63, 3.8) is 0 Å². The molecule has 5 heteroatoms. The van der Waals surface area contributed by atoms with E-state index < -0.39 is 0 Å². The number of carbonyl (C=O) groups excluding carboxylic acids is 1. The highest BCUT2D eigenvalue weighted by Gasteiger charge is 2.23. The Kier molecular flexibility index (Phi) is 6.72. The summed E-state index contributed by atoms with van der Waals surface area (Å²) in [6.07, 6.45) is 0.781. The SMILES string of the molecule is COc1ccccc1N1CCN(C(=O)COc2ccccc2Cc2ccccc2)CC1. The van der Waals surface area contributed by atoms with Gasteiger partial charge < -0.3 is 19.3 Å². The second kappa shape index (κ2) is 10.0. The Hall–Kier alpha value is -3.47. The molecule has 3 aromatic carbocycles. The number of hydrogen-bond donors (Lipinski definition) is 0. The summed E-state index contributed by atoms with van der Waals surface area (Å²) in [6.45, 7) is 2.95. The van der Waals surface area contributed by atoms with Crippen LogP contribution in [0.3, 0.4) is 0 Å². The lowest BCUT2D eigenvalue weighted by atomic mass is 10.0. The van der Waals surface area contributed by atoms with Crippen molar-refractivity contribution >= 4 is 11.6 Å². The molecule has 0 atom stereocenters. The molecule has 1 aliphatic heterocycles. The van der Waals surface area contributed by atoms with Gasteiger partial charge in [-0.15, -0.1) is 0 Å². The van der Waals surface area contributed by atoms with E-state index in [0.717, 1.165) is 42.3 Å². The van der Waals surface area contributed by atoms with Crippen LogP contribution in [-0.4, -0.2) is 50.7 Å². The zero-order valence-electron chi connectivity index (χ0n) is 17.9. The summed E-state index contributed by atoms with van der Waals surface area (Å²) in [5.41, 5.74) is 3.38. The second-order valence-electron chi connectivity index (χ2n) is 7.60. The number of amides is 1. The van der Waals surface area contributed by atoms with E-state index in [0.29, 0.717) is 13.1 Å². The summed E-state index contributed by atoms with van der Waals surface area (Å²) in [7, 11) is 1.69. The van der Waals surface area contributed by atoms with Crippen LogP contribution in [0.4, 0.5) is 5.69 Å². The van der Waals surface area contributed by atoms with Gasteiger partial charge in [0.25, 0.3) is 5.91 Å². The number of ether oxygens (including phenoxy) is 2. The van der Waals surface area contributed by atoms with Gasteiger partial charge in [0.05, 0.1) is 12.8 Å². The predicted molar refractivity (Wildman–Crippen MR) is 123 cm³/mol. The molecule has 3 aromatic rings. The maximum Gasteiger partial charge on any atom is 0.260 e. The van der Waals surface area contributed by atoms with Crippen molar-refractivity contribution in [1.29, 1.82) is 0 Å². The van der Waals surface area contributed by atoms with Gasteiger partial charge >= 0.3 is 0 Å². The summed E-state index contributed by atoms with van der Waals surface area (Å²) >= 11 is 0. The smallest absolute Gasteiger partial charge is 0.260 e. The molecular formula is C26H28N2O3. The van der Waals surface area contributed by atoms with Crippen LogP contribution in [0, 0.1) is 0 Å². The number of hydrogen-bond acceptors (Lipinski definition) is 4. The molecule has 4 rings (SSSR count). The number of benzene rings is 3. The van der Waals surface area contributed by atoms with Crippen molar-refractivity contribution in [3.05, 3.63) is 90.0 Å². The fraction of sp³-hybridized carbons (Fsp3) is 0.269.